The first-order valence-electron chi connectivity index (χ1n) is 7.62. The van der Waals surface area contributed by atoms with Gasteiger partial charge in [0.1, 0.15) is 17.7 Å². The number of carbonyl (C=O) groups excluding carboxylic acids is 2. The Morgan fingerprint density at radius 3 is 2.48 bits per heavy atom. The van der Waals surface area contributed by atoms with Gasteiger partial charge < -0.3 is 10.6 Å². The maximum atomic E-state index is 13.7. The summed E-state index contributed by atoms with van der Waals surface area (Å²) in [6, 6.07) is 10.6. The molecular formula is C18H18F2N2O2S. The number of benzene rings is 2. The molecule has 0 saturated heterocycles. The molecule has 2 rings (SSSR count). The molecule has 0 aliphatic carbocycles. The van der Waals surface area contributed by atoms with Crippen LogP contribution in [-0.2, 0) is 4.79 Å². The minimum absolute atomic E-state index is 0.130. The van der Waals surface area contributed by atoms with Gasteiger partial charge in [0.15, 0.2) is 0 Å². The highest BCUT2D eigenvalue weighted by molar-refractivity contribution is 7.98. The second-order valence-corrected chi connectivity index (χ2v) is 6.27. The van der Waals surface area contributed by atoms with Crippen LogP contribution in [0.3, 0.4) is 0 Å². The molecule has 0 fully saturated rings. The highest BCUT2D eigenvalue weighted by atomic mass is 32.2. The number of hydrogen-bond donors (Lipinski definition) is 2. The van der Waals surface area contributed by atoms with E-state index in [1.54, 1.807) is 30.3 Å². The zero-order valence-corrected chi connectivity index (χ0v) is 14.4. The summed E-state index contributed by atoms with van der Waals surface area (Å²) in [5.41, 5.74) is 0.298. The average Bonchev–Trinajstić information content (AvgIpc) is 2.61. The topological polar surface area (TPSA) is 58.2 Å². The van der Waals surface area contributed by atoms with Gasteiger partial charge >= 0.3 is 0 Å². The maximum absolute atomic E-state index is 13.7. The van der Waals surface area contributed by atoms with Crippen molar-refractivity contribution in [3.63, 3.8) is 0 Å². The first-order valence-corrected chi connectivity index (χ1v) is 9.01. The van der Waals surface area contributed by atoms with Crippen molar-refractivity contribution in [2.24, 2.45) is 0 Å². The Morgan fingerprint density at radius 2 is 1.84 bits per heavy atom. The molecular weight excluding hydrogens is 346 g/mol. The van der Waals surface area contributed by atoms with E-state index in [4.69, 9.17) is 0 Å². The fourth-order valence-electron chi connectivity index (χ4n) is 2.15. The summed E-state index contributed by atoms with van der Waals surface area (Å²) in [6.07, 6.45) is 2.27. The van der Waals surface area contributed by atoms with Crippen molar-refractivity contribution in [3.05, 3.63) is 65.7 Å². The van der Waals surface area contributed by atoms with Gasteiger partial charge in [0.2, 0.25) is 5.91 Å². The van der Waals surface area contributed by atoms with E-state index in [0.717, 1.165) is 12.1 Å². The molecule has 0 spiro atoms. The Kier molecular flexibility index (Phi) is 6.94. The molecule has 7 heteroatoms. The molecule has 25 heavy (non-hydrogen) atoms. The van der Waals surface area contributed by atoms with Gasteiger partial charge in [0, 0.05) is 11.6 Å². The minimum atomic E-state index is -0.869. The first-order chi connectivity index (χ1) is 12.0. The standard InChI is InChI=1S/C18H18F2N2O2S/c1-25-10-9-16(22-17(23)12-5-3-2-4-6-12)18(24)21-15-8-7-13(19)11-14(15)20/h2-8,11,16H,9-10H2,1H3,(H,21,24)(H,22,23)/t16-/m1/s1. The lowest BCUT2D eigenvalue weighted by Gasteiger charge is -2.18. The van der Waals surface area contributed by atoms with Crippen LogP contribution in [0.2, 0.25) is 0 Å². The van der Waals surface area contributed by atoms with Gasteiger partial charge in [-0.05, 0) is 42.7 Å². The Morgan fingerprint density at radius 1 is 1.12 bits per heavy atom. The summed E-state index contributed by atoms with van der Waals surface area (Å²) in [6.45, 7) is 0. The molecule has 0 unspecified atom stereocenters. The van der Waals surface area contributed by atoms with E-state index in [0.29, 0.717) is 23.8 Å². The molecule has 0 aliphatic heterocycles. The molecule has 0 aliphatic rings. The molecule has 132 valence electrons. The van der Waals surface area contributed by atoms with Crippen molar-refractivity contribution < 1.29 is 18.4 Å². The van der Waals surface area contributed by atoms with Crippen molar-refractivity contribution >= 4 is 29.3 Å². The SMILES string of the molecule is CSCC[C@@H](NC(=O)c1ccccc1)C(=O)Nc1ccc(F)cc1F. The smallest absolute Gasteiger partial charge is 0.251 e. The lowest BCUT2D eigenvalue weighted by atomic mass is 10.1. The molecule has 0 radical (unpaired) electrons. The van der Waals surface area contributed by atoms with Crippen LogP contribution in [0.5, 0.6) is 0 Å². The molecule has 2 aromatic carbocycles. The highest BCUT2D eigenvalue weighted by Gasteiger charge is 2.22. The van der Waals surface area contributed by atoms with E-state index in [1.165, 1.54) is 11.8 Å². The van der Waals surface area contributed by atoms with E-state index in [2.05, 4.69) is 10.6 Å². The molecule has 2 N–H and O–H groups in total. The normalized spacial score (nSPS) is 11.6. The van der Waals surface area contributed by atoms with Gasteiger partial charge in [0.05, 0.1) is 5.69 Å². The lowest BCUT2D eigenvalue weighted by Crippen LogP contribution is -2.44. The van der Waals surface area contributed by atoms with Crippen LogP contribution in [0.4, 0.5) is 14.5 Å². The number of nitrogens with one attached hydrogen (secondary N) is 2. The number of thioether (sulfide) groups is 1. The number of anilines is 1. The average molecular weight is 364 g/mol. The summed E-state index contributed by atoms with van der Waals surface area (Å²) < 4.78 is 26.7. The Balaban J connectivity index is 2.10. The van der Waals surface area contributed by atoms with Crippen LogP contribution in [0.25, 0.3) is 0 Å². The van der Waals surface area contributed by atoms with Crippen molar-refractivity contribution in [1.82, 2.24) is 5.32 Å². The fourth-order valence-corrected chi connectivity index (χ4v) is 2.62. The van der Waals surface area contributed by atoms with Crippen molar-refractivity contribution in [2.75, 3.05) is 17.3 Å². The van der Waals surface area contributed by atoms with Crippen LogP contribution in [0.1, 0.15) is 16.8 Å². The second kappa shape index (κ2) is 9.17. The molecule has 0 aromatic heterocycles. The van der Waals surface area contributed by atoms with Crippen LogP contribution in [0.15, 0.2) is 48.5 Å². The van der Waals surface area contributed by atoms with Gasteiger partial charge in [-0.25, -0.2) is 8.78 Å². The molecule has 0 bridgehead atoms. The summed E-state index contributed by atoms with van der Waals surface area (Å²) in [5, 5.41) is 5.06. The van der Waals surface area contributed by atoms with E-state index in [-0.39, 0.29) is 11.6 Å². The first kappa shape index (κ1) is 18.9. The summed E-state index contributed by atoms with van der Waals surface area (Å²) >= 11 is 1.53. The van der Waals surface area contributed by atoms with Gasteiger partial charge in [0.25, 0.3) is 5.91 Å². The Labute approximate surface area is 149 Å². The predicted octanol–water partition coefficient (Wildman–Crippen LogP) is 3.46. The van der Waals surface area contributed by atoms with E-state index in [1.807, 2.05) is 6.26 Å². The van der Waals surface area contributed by atoms with E-state index < -0.39 is 23.6 Å². The number of carbonyl (C=O) groups is 2. The molecule has 1 atom stereocenters. The zero-order chi connectivity index (χ0) is 18.2. The Bertz CT molecular complexity index is 741. The zero-order valence-electron chi connectivity index (χ0n) is 13.6. The van der Waals surface area contributed by atoms with Crippen LogP contribution >= 0.6 is 11.8 Å². The van der Waals surface area contributed by atoms with Gasteiger partial charge in [-0.2, -0.15) is 11.8 Å². The monoisotopic (exact) mass is 364 g/mol. The van der Waals surface area contributed by atoms with Gasteiger partial charge in [-0.1, -0.05) is 18.2 Å². The quantitative estimate of drug-likeness (QED) is 0.791. The van der Waals surface area contributed by atoms with Crippen molar-refractivity contribution in [1.29, 1.82) is 0 Å². The number of amides is 2. The minimum Gasteiger partial charge on any atom is -0.340 e. The van der Waals surface area contributed by atoms with Crippen molar-refractivity contribution in [3.8, 4) is 0 Å². The molecule has 2 aromatic rings. The number of halogens is 2. The second-order valence-electron chi connectivity index (χ2n) is 5.29. The summed E-state index contributed by atoms with van der Waals surface area (Å²) in [4.78, 5) is 24.7. The molecule has 0 heterocycles. The maximum Gasteiger partial charge on any atom is 0.251 e. The van der Waals surface area contributed by atoms with E-state index in [9.17, 15) is 18.4 Å². The van der Waals surface area contributed by atoms with Crippen LogP contribution in [-0.4, -0.2) is 29.9 Å². The summed E-state index contributed by atoms with van der Waals surface area (Å²) in [5.74, 6) is -1.90. The van der Waals surface area contributed by atoms with E-state index >= 15 is 0 Å². The largest absolute Gasteiger partial charge is 0.340 e. The molecule has 2 amide bonds. The third kappa shape index (κ3) is 5.56. The summed E-state index contributed by atoms with van der Waals surface area (Å²) in [7, 11) is 0. The number of rotatable bonds is 7. The molecule has 4 nitrogen and oxygen atoms in total. The Hall–Kier alpha value is -2.41. The highest BCUT2D eigenvalue weighted by Crippen LogP contribution is 2.16. The van der Waals surface area contributed by atoms with Gasteiger partial charge in [-0.3, -0.25) is 9.59 Å². The third-order valence-electron chi connectivity index (χ3n) is 3.46. The fraction of sp³-hybridized carbons (Fsp3) is 0.222. The third-order valence-corrected chi connectivity index (χ3v) is 4.10. The van der Waals surface area contributed by atoms with Gasteiger partial charge in [-0.15, -0.1) is 0 Å². The predicted molar refractivity (Wildman–Crippen MR) is 95.7 cm³/mol. The lowest BCUT2D eigenvalue weighted by molar-refractivity contribution is -0.118. The number of hydrogen-bond acceptors (Lipinski definition) is 3. The van der Waals surface area contributed by atoms with Crippen LogP contribution < -0.4 is 10.6 Å². The molecule has 0 saturated carbocycles. The van der Waals surface area contributed by atoms with Crippen molar-refractivity contribution in [2.45, 2.75) is 12.5 Å². The van der Waals surface area contributed by atoms with Crippen LogP contribution in [0, 0.1) is 11.6 Å².